The molecule has 1 aromatic carbocycles. The predicted octanol–water partition coefficient (Wildman–Crippen LogP) is 1.77. The van der Waals surface area contributed by atoms with Gasteiger partial charge in [0.05, 0.1) is 11.2 Å². The highest BCUT2D eigenvalue weighted by molar-refractivity contribution is 5.95. The van der Waals surface area contributed by atoms with E-state index in [1.54, 1.807) is 13.8 Å². The van der Waals surface area contributed by atoms with Gasteiger partial charge in [-0.25, -0.2) is 9.18 Å². The smallest absolute Gasteiger partial charge is 0.328 e. The van der Waals surface area contributed by atoms with Gasteiger partial charge in [-0.3, -0.25) is 4.79 Å². The molecule has 0 atom stereocenters. The van der Waals surface area contributed by atoms with Gasteiger partial charge in [0.2, 0.25) is 0 Å². The van der Waals surface area contributed by atoms with Crippen molar-refractivity contribution in [2.24, 2.45) is 0 Å². The fourth-order valence-corrected chi connectivity index (χ4v) is 1.84. The number of aliphatic hydroxyl groups is 1. The summed E-state index contributed by atoms with van der Waals surface area (Å²) in [6.07, 6.45) is 2.18. The number of carboxylic acid groups (broad SMARTS) is 1. The molecule has 0 radical (unpaired) electrons. The van der Waals surface area contributed by atoms with Crippen LogP contribution in [0, 0.1) is 5.82 Å². The molecule has 1 aromatic rings. The average Bonchev–Trinajstić information content (AvgIpc) is 2.34. The van der Waals surface area contributed by atoms with Crippen molar-refractivity contribution in [3.63, 3.8) is 0 Å². The van der Waals surface area contributed by atoms with Crippen molar-refractivity contribution in [3.05, 3.63) is 41.2 Å². The largest absolute Gasteiger partial charge is 0.478 e. The van der Waals surface area contributed by atoms with Crippen LogP contribution in [0.15, 0.2) is 24.3 Å². The first kappa shape index (κ1) is 16.8. The minimum atomic E-state index is -1.13. The molecule has 0 heterocycles. The van der Waals surface area contributed by atoms with Crippen LogP contribution in [0.3, 0.4) is 0 Å². The molecule has 6 heteroatoms. The molecule has 0 saturated carbocycles. The number of hydrogen-bond donors (Lipinski definition) is 2. The fraction of sp³-hybridized carbons (Fsp3) is 0.333. The maximum absolute atomic E-state index is 13.8. The molecule has 0 aliphatic rings. The van der Waals surface area contributed by atoms with Gasteiger partial charge in [0.25, 0.3) is 5.91 Å². The van der Waals surface area contributed by atoms with Crippen LogP contribution in [-0.2, 0) is 4.79 Å². The molecule has 1 amide bonds. The summed E-state index contributed by atoms with van der Waals surface area (Å²) in [5.41, 5.74) is -0.866. The third-order valence-electron chi connectivity index (χ3n) is 2.61. The lowest BCUT2D eigenvalue weighted by Gasteiger charge is -2.25. The molecular formula is C15H18FNO4. The van der Waals surface area contributed by atoms with Gasteiger partial charge >= 0.3 is 5.97 Å². The molecular weight excluding hydrogens is 277 g/mol. The molecule has 1 rings (SSSR count). The molecule has 114 valence electrons. The Morgan fingerprint density at radius 3 is 2.52 bits per heavy atom. The molecule has 5 nitrogen and oxygen atoms in total. The van der Waals surface area contributed by atoms with E-state index < -0.39 is 23.3 Å². The van der Waals surface area contributed by atoms with Crippen molar-refractivity contribution >= 4 is 18.0 Å². The second kappa shape index (κ2) is 6.49. The zero-order chi connectivity index (χ0) is 16.2. The van der Waals surface area contributed by atoms with Gasteiger partial charge in [-0.2, -0.15) is 0 Å². The van der Waals surface area contributed by atoms with E-state index in [-0.39, 0.29) is 12.1 Å². The SMILES string of the molecule is CN(CC(C)(C)O)C(=O)c1cc(C=CC(=O)O)ccc1F. The number of carboxylic acids is 1. The second-order valence-electron chi connectivity index (χ2n) is 5.38. The van der Waals surface area contributed by atoms with Crippen molar-refractivity contribution in [2.45, 2.75) is 19.4 Å². The maximum atomic E-state index is 13.8. The van der Waals surface area contributed by atoms with Crippen molar-refractivity contribution < 1.29 is 24.2 Å². The Morgan fingerprint density at radius 1 is 1.38 bits per heavy atom. The number of benzene rings is 1. The van der Waals surface area contributed by atoms with E-state index in [1.807, 2.05) is 0 Å². The van der Waals surface area contributed by atoms with E-state index in [0.717, 1.165) is 12.1 Å². The molecule has 0 unspecified atom stereocenters. The van der Waals surface area contributed by atoms with Crippen LogP contribution in [0.4, 0.5) is 4.39 Å². The standard InChI is InChI=1S/C15H18FNO4/c1-15(2,21)9-17(3)14(20)11-8-10(4-6-12(11)16)5-7-13(18)19/h4-8,21H,9H2,1-3H3,(H,18,19). The molecule has 21 heavy (non-hydrogen) atoms. The normalized spacial score (nSPS) is 11.7. The van der Waals surface area contributed by atoms with Gasteiger partial charge in [0, 0.05) is 19.7 Å². The Bertz CT molecular complexity index is 576. The molecule has 0 spiro atoms. The summed E-state index contributed by atoms with van der Waals surface area (Å²) in [7, 11) is 1.46. The van der Waals surface area contributed by atoms with E-state index >= 15 is 0 Å². The first-order chi connectivity index (χ1) is 9.60. The molecule has 0 bridgehead atoms. The summed E-state index contributed by atoms with van der Waals surface area (Å²) >= 11 is 0. The second-order valence-corrected chi connectivity index (χ2v) is 5.38. The number of likely N-dealkylation sites (N-methyl/N-ethyl adjacent to an activating group) is 1. The number of rotatable bonds is 5. The van der Waals surface area contributed by atoms with Gasteiger partial charge in [0.1, 0.15) is 5.82 Å². The van der Waals surface area contributed by atoms with Crippen LogP contribution in [0.5, 0.6) is 0 Å². The minimum absolute atomic E-state index is 0.0421. The third kappa shape index (κ3) is 5.35. The lowest BCUT2D eigenvalue weighted by molar-refractivity contribution is -0.131. The van der Waals surface area contributed by atoms with Crippen molar-refractivity contribution in [2.75, 3.05) is 13.6 Å². The van der Waals surface area contributed by atoms with Crippen LogP contribution >= 0.6 is 0 Å². The minimum Gasteiger partial charge on any atom is -0.478 e. The van der Waals surface area contributed by atoms with Gasteiger partial charge in [-0.1, -0.05) is 6.07 Å². The zero-order valence-corrected chi connectivity index (χ0v) is 12.1. The summed E-state index contributed by atoms with van der Waals surface area (Å²) in [6.45, 7) is 3.12. The van der Waals surface area contributed by atoms with E-state index in [2.05, 4.69) is 0 Å². The Labute approximate surface area is 122 Å². The lowest BCUT2D eigenvalue weighted by Crippen LogP contribution is -2.40. The number of nitrogens with zero attached hydrogens (tertiary/aromatic N) is 1. The summed E-state index contributed by atoms with van der Waals surface area (Å²) in [5, 5.41) is 18.2. The van der Waals surface area contributed by atoms with E-state index in [1.165, 1.54) is 30.2 Å². The van der Waals surface area contributed by atoms with E-state index in [4.69, 9.17) is 5.11 Å². The number of amides is 1. The van der Waals surface area contributed by atoms with Gasteiger partial charge in [0.15, 0.2) is 0 Å². The first-order valence-corrected chi connectivity index (χ1v) is 6.28. The van der Waals surface area contributed by atoms with Crippen LogP contribution in [0.25, 0.3) is 6.08 Å². The van der Waals surface area contributed by atoms with Crippen molar-refractivity contribution in [3.8, 4) is 0 Å². The van der Waals surface area contributed by atoms with Crippen LogP contribution in [0.1, 0.15) is 29.8 Å². The van der Waals surface area contributed by atoms with E-state index in [0.29, 0.717) is 5.56 Å². The molecule has 0 saturated heterocycles. The molecule has 0 aliphatic heterocycles. The quantitative estimate of drug-likeness (QED) is 0.812. The summed E-state index contributed by atoms with van der Waals surface area (Å²) < 4.78 is 13.8. The molecule has 0 aromatic heterocycles. The number of hydrogen-bond acceptors (Lipinski definition) is 3. The molecule has 0 fully saturated rings. The van der Waals surface area contributed by atoms with Gasteiger partial charge in [-0.05, 0) is 37.6 Å². The molecule has 0 aliphatic carbocycles. The highest BCUT2D eigenvalue weighted by atomic mass is 19.1. The number of carbonyl (C=O) groups is 2. The van der Waals surface area contributed by atoms with Crippen LogP contribution in [-0.4, -0.2) is 46.2 Å². The van der Waals surface area contributed by atoms with Crippen molar-refractivity contribution in [1.82, 2.24) is 4.90 Å². The number of halogens is 1. The fourth-order valence-electron chi connectivity index (χ4n) is 1.84. The number of aliphatic carboxylic acids is 1. The monoisotopic (exact) mass is 295 g/mol. The van der Waals surface area contributed by atoms with Gasteiger partial charge in [-0.15, -0.1) is 0 Å². The summed E-state index contributed by atoms with van der Waals surface area (Å²) in [4.78, 5) is 23.8. The molecule has 2 N–H and O–H groups in total. The highest BCUT2D eigenvalue weighted by Gasteiger charge is 2.22. The summed E-state index contributed by atoms with van der Waals surface area (Å²) in [5.74, 6) is -2.42. The van der Waals surface area contributed by atoms with Crippen molar-refractivity contribution in [1.29, 1.82) is 0 Å². The zero-order valence-electron chi connectivity index (χ0n) is 12.1. The summed E-state index contributed by atoms with van der Waals surface area (Å²) in [6, 6.07) is 3.76. The van der Waals surface area contributed by atoms with E-state index in [9.17, 15) is 19.1 Å². The first-order valence-electron chi connectivity index (χ1n) is 6.28. The van der Waals surface area contributed by atoms with Crippen LogP contribution in [0.2, 0.25) is 0 Å². The predicted molar refractivity (Wildman–Crippen MR) is 76.3 cm³/mol. The van der Waals surface area contributed by atoms with Crippen LogP contribution < -0.4 is 0 Å². The number of carbonyl (C=O) groups excluding carboxylic acids is 1. The highest BCUT2D eigenvalue weighted by Crippen LogP contribution is 2.15. The van der Waals surface area contributed by atoms with Gasteiger partial charge < -0.3 is 15.1 Å². The average molecular weight is 295 g/mol. The maximum Gasteiger partial charge on any atom is 0.328 e. The Hall–Kier alpha value is -2.21. The Morgan fingerprint density at radius 2 is 2.00 bits per heavy atom. The topological polar surface area (TPSA) is 77.8 Å². The third-order valence-corrected chi connectivity index (χ3v) is 2.61. The Kier molecular flexibility index (Phi) is 5.21. The lowest BCUT2D eigenvalue weighted by atomic mass is 10.1. The Balaban J connectivity index is 3.03.